The van der Waals surface area contributed by atoms with Gasteiger partial charge in [0.2, 0.25) is 0 Å². The highest BCUT2D eigenvalue weighted by Gasteiger charge is 2.12. The summed E-state index contributed by atoms with van der Waals surface area (Å²) in [5, 5.41) is 10.9. The van der Waals surface area contributed by atoms with Crippen LogP contribution < -0.4 is 0 Å². The van der Waals surface area contributed by atoms with Gasteiger partial charge in [0.15, 0.2) is 5.65 Å². The molecule has 5 aromatic rings. The number of pyridine rings is 1. The van der Waals surface area contributed by atoms with E-state index in [-0.39, 0.29) is 5.56 Å². The number of fused-ring (bicyclic) bond motifs is 6. The molecular formula is C18H10N4O2. The van der Waals surface area contributed by atoms with Gasteiger partial charge < -0.3 is 10.1 Å². The summed E-state index contributed by atoms with van der Waals surface area (Å²) in [6, 6.07) is 13.1. The lowest BCUT2D eigenvalue weighted by Crippen LogP contribution is -1.98. The minimum atomic E-state index is -0.971. The molecule has 114 valence electrons. The molecule has 0 radical (unpaired) electrons. The van der Waals surface area contributed by atoms with Gasteiger partial charge in [0.1, 0.15) is 11.0 Å². The lowest BCUT2D eigenvalue weighted by molar-refractivity contribution is 0.0696. The van der Waals surface area contributed by atoms with Crippen molar-refractivity contribution in [3.05, 3.63) is 54.2 Å². The molecule has 24 heavy (non-hydrogen) atoms. The first-order valence-electron chi connectivity index (χ1n) is 7.41. The number of carboxylic acid groups (broad SMARTS) is 1. The molecule has 0 aliphatic carbocycles. The number of carbonyl (C=O) groups is 1. The Bertz CT molecular complexity index is 1290. The third-order valence-corrected chi connectivity index (χ3v) is 4.17. The lowest BCUT2D eigenvalue weighted by atomic mass is 10.1. The van der Waals surface area contributed by atoms with Crippen LogP contribution in [0.5, 0.6) is 0 Å². The van der Waals surface area contributed by atoms with Crippen molar-refractivity contribution in [1.29, 1.82) is 0 Å². The number of aromatic amines is 1. The number of hydrogen-bond donors (Lipinski definition) is 2. The maximum atomic E-state index is 11.1. The van der Waals surface area contributed by atoms with Crippen molar-refractivity contribution in [3.63, 3.8) is 0 Å². The Morgan fingerprint density at radius 1 is 0.958 bits per heavy atom. The Morgan fingerprint density at radius 3 is 2.67 bits per heavy atom. The normalized spacial score (nSPS) is 11.7. The molecule has 0 aliphatic heterocycles. The maximum Gasteiger partial charge on any atom is 0.337 e. The van der Waals surface area contributed by atoms with E-state index in [4.69, 9.17) is 10.1 Å². The SMILES string of the molecule is O=C(O)c1c[nH]c2c(ccc3nc4nc5ccccc5c4nc32)c1. The number of nitrogens with one attached hydrogen (secondary N) is 1. The summed E-state index contributed by atoms with van der Waals surface area (Å²) in [5.74, 6) is -0.971. The van der Waals surface area contributed by atoms with Crippen LogP contribution in [0.2, 0.25) is 0 Å². The molecule has 0 unspecified atom stereocenters. The molecule has 0 spiro atoms. The summed E-state index contributed by atoms with van der Waals surface area (Å²) in [5.41, 5.74) is 4.62. The molecule has 5 rings (SSSR count). The van der Waals surface area contributed by atoms with Crippen LogP contribution in [-0.4, -0.2) is 31.0 Å². The number of aromatic carboxylic acids is 1. The number of rotatable bonds is 1. The van der Waals surface area contributed by atoms with Gasteiger partial charge in [-0.2, -0.15) is 0 Å². The average Bonchev–Trinajstić information content (AvgIpc) is 2.96. The van der Waals surface area contributed by atoms with Crippen molar-refractivity contribution in [1.82, 2.24) is 19.9 Å². The molecule has 0 bridgehead atoms. The predicted molar refractivity (Wildman–Crippen MR) is 91.2 cm³/mol. The van der Waals surface area contributed by atoms with E-state index in [2.05, 4.69) is 15.0 Å². The monoisotopic (exact) mass is 314 g/mol. The minimum absolute atomic E-state index is 0.205. The first kappa shape index (κ1) is 13.0. The number of H-pyrrole nitrogens is 1. The van der Waals surface area contributed by atoms with Crippen molar-refractivity contribution >= 4 is 50.0 Å². The van der Waals surface area contributed by atoms with E-state index in [0.29, 0.717) is 11.2 Å². The zero-order valence-electron chi connectivity index (χ0n) is 12.3. The summed E-state index contributed by atoms with van der Waals surface area (Å²) < 4.78 is 0. The number of carboxylic acids is 1. The second kappa shape index (κ2) is 4.48. The summed E-state index contributed by atoms with van der Waals surface area (Å²) in [4.78, 5) is 28.1. The predicted octanol–water partition coefficient (Wildman–Crippen LogP) is 3.51. The maximum absolute atomic E-state index is 11.1. The molecular weight excluding hydrogens is 304 g/mol. The molecule has 3 heterocycles. The van der Waals surface area contributed by atoms with Crippen LogP contribution in [0.3, 0.4) is 0 Å². The third kappa shape index (κ3) is 1.70. The average molecular weight is 314 g/mol. The van der Waals surface area contributed by atoms with E-state index < -0.39 is 5.97 Å². The van der Waals surface area contributed by atoms with Gasteiger partial charge in [-0.25, -0.2) is 19.7 Å². The van der Waals surface area contributed by atoms with E-state index in [1.54, 1.807) is 6.07 Å². The van der Waals surface area contributed by atoms with Gasteiger partial charge in [0.25, 0.3) is 0 Å². The molecule has 3 aromatic heterocycles. The quantitative estimate of drug-likeness (QED) is 0.462. The highest BCUT2D eigenvalue weighted by Crippen LogP contribution is 2.27. The molecule has 0 amide bonds. The standard InChI is InChI=1S/C18H10N4O2/c23-18(24)10-7-9-5-6-13-16(14(9)19-8-10)22-15-11-3-1-2-4-12(11)20-17(15)21-13/h1-8,19H,(H,23,24). The van der Waals surface area contributed by atoms with E-state index in [0.717, 1.165) is 32.8 Å². The molecule has 2 aromatic carbocycles. The van der Waals surface area contributed by atoms with Crippen LogP contribution >= 0.6 is 0 Å². The Morgan fingerprint density at radius 2 is 1.79 bits per heavy atom. The van der Waals surface area contributed by atoms with Crippen LogP contribution in [-0.2, 0) is 0 Å². The summed E-state index contributed by atoms with van der Waals surface area (Å²) >= 11 is 0. The summed E-state index contributed by atoms with van der Waals surface area (Å²) in [6.07, 6.45) is 1.47. The minimum Gasteiger partial charge on any atom is -0.478 e. The molecule has 0 fully saturated rings. The molecule has 0 aliphatic rings. The number of hydrogen-bond acceptors (Lipinski definition) is 4. The molecule has 6 nitrogen and oxygen atoms in total. The zero-order valence-corrected chi connectivity index (χ0v) is 12.3. The number of benzene rings is 2. The zero-order chi connectivity index (χ0) is 16.3. The second-order valence-corrected chi connectivity index (χ2v) is 5.62. The third-order valence-electron chi connectivity index (χ3n) is 4.17. The fourth-order valence-electron chi connectivity index (χ4n) is 3.03. The Labute approximate surface area is 134 Å². The van der Waals surface area contributed by atoms with Gasteiger partial charge in [-0.3, -0.25) is 0 Å². The van der Waals surface area contributed by atoms with E-state index in [1.807, 2.05) is 36.4 Å². The van der Waals surface area contributed by atoms with Gasteiger partial charge in [0.05, 0.1) is 22.1 Å². The van der Waals surface area contributed by atoms with Crippen LogP contribution in [0.15, 0.2) is 48.7 Å². The smallest absolute Gasteiger partial charge is 0.337 e. The topological polar surface area (TPSA) is 91.8 Å². The van der Waals surface area contributed by atoms with Crippen molar-refractivity contribution in [2.24, 2.45) is 0 Å². The molecule has 2 N–H and O–H groups in total. The molecule has 0 saturated carbocycles. The lowest BCUT2D eigenvalue weighted by Gasteiger charge is -2.04. The van der Waals surface area contributed by atoms with Crippen LogP contribution in [0.25, 0.3) is 44.0 Å². The summed E-state index contributed by atoms with van der Waals surface area (Å²) in [7, 11) is 0. The van der Waals surface area contributed by atoms with E-state index >= 15 is 0 Å². The second-order valence-electron chi connectivity index (χ2n) is 5.62. The Balaban J connectivity index is 1.93. The highest BCUT2D eigenvalue weighted by atomic mass is 16.4. The number of aromatic nitrogens is 4. The first-order valence-corrected chi connectivity index (χ1v) is 7.41. The van der Waals surface area contributed by atoms with Crippen molar-refractivity contribution in [2.45, 2.75) is 0 Å². The molecule has 0 atom stereocenters. The van der Waals surface area contributed by atoms with E-state index in [9.17, 15) is 4.79 Å². The van der Waals surface area contributed by atoms with Gasteiger partial charge >= 0.3 is 5.97 Å². The van der Waals surface area contributed by atoms with Gasteiger partial charge in [-0.15, -0.1) is 0 Å². The highest BCUT2D eigenvalue weighted by molar-refractivity contribution is 6.10. The fourth-order valence-corrected chi connectivity index (χ4v) is 3.03. The van der Waals surface area contributed by atoms with E-state index in [1.165, 1.54) is 6.20 Å². The Hall–Kier alpha value is -3.54. The van der Waals surface area contributed by atoms with Crippen LogP contribution in [0.1, 0.15) is 10.4 Å². The summed E-state index contributed by atoms with van der Waals surface area (Å²) in [6.45, 7) is 0. The Kier molecular flexibility index (Phi) is 2.42. The molecule has 0 saturated heterocycles. The largest absolute Gasteiger partial charge is 0.478 e. The van der Waals surface area contributed by atoms with Gasteiger partial charge in [-0.05, 0) is 18.2 Å². The van der Waals surface area contributed by atoms with Crippen LogP contribution in [0.4, 0.5) is 0 Å². The van der Waals surface area contributed by atoms with Crippen molar-refractivity contribution in [2.75, 3.05) is 0 Å². The molecule has 6 heteroatoms. The van der Waals surface area contributed by atoms with Gasteiger partial charge in [0, 0.05) is 17.0 Å². The van der Waals surface area contributed by atoms with Crippen molar-refractivity contribution in [3.8, 4) is 0 Å². The van der Waals surface area contributed by atoms with Crippen LogP contribution in [0, 0.1) is 0 Å². The number of nitrogens with zero attached hydrogens (tertiary/aromatic N) is 3. The fraction of sp³-hybridized carbons (Fsp3) is 0. The van der Waals surface area contributed by atoms with Gasteiger partial charge in [-0.1, -0.05) is 24.3 Å². The first-order chi connectivity index (χ1) is 11.7. The van der Waals surface area contributed by atoms with Crippen molar-refractivity contribution < 1.29 is 9.90 Å². The number of para-hydroxylation sites is 1.